The lowest BCUT2D eigenvalue weighted by atomic mass is 10.1. The van der Waals surface area contributed by atoms with Gasteiger partial charge in [-0.1, -0.05) is 35.6 Å². The van der Waals surface area contributed by atoms with Crippen LogP contribution in [0, 0.1) is 0 Å². The average molecular weight is 463 g/mol. The van der Waals surface area contributed by atoms with Crippen molar-refractivity contribution < 1.29 is 24.5 Å². The highest BCUT2D eigenvalue weighted by atomic mass is 32.1. The van der Waals surface area contributed by atoms with Crippen LogP contribution in [-0.2, 0) is 13.0 Å². The van der Waals surface area contributed by atoms with Gasteiger partial charge in [-0.05, 0) is 60.0 Å². The van der Waals surface area contributed by atoms with Crippen molar-refractivity contribution >= 4 is 38.6 Å². The molecule has 0 fully saturated rings. The van der Waals surface area contributed by atoms with Crippen molar-refractivity contribution in [3.8, 4) is 5.75 Å². The number of thiazole rings is 1. The van der Waals surface area contributed by atoms with Crippen LogP contribution in [0.15, 0.2) is 66.7 Å². The van der Waals surface area contributed by atoms with Gasteiger partial charge in [0.1, 0.15) is 5.75 Å². The number of ether oxygens (including phenoxy) is 1. The third-order valence-electron chi connectivity index (χ3n) is 5.30. The molecule has 0 spiro atoms. The molecule has 0 radical (unpaired) electrons. The largest absolute Gasteiger partial charge is 0.497 e. The van der Waals surface area contributed by atoms with E-state index in [0.29, 0.717) is 13.1 Å². The number of fused-ring (bicyclic) bond motifs is 1. The summed E-state index contributed by atoms with van der Waals surface area (Å²) in [4.78, 5) is 29.4. The Morgan fingerprint density at radius 1 is 0.909 bits per heavy atom. The summed E-state index contributed by atoms with van der Waals surface area (Å²) < 4.78 is 6.03. The highest BCUT2D eigenvalue weighted by molar-refractivity contribution is 7.22. The minimum absolute atomic E-state index is 0.228. The molecule has 8 heteroatoms. The van der Waals surface area contributed by atoms with E-state index < -0.39 is 11.9 Å². The number of carbonyl (C=O) groups is 2. The van der Waals surface area contributed by atoms with E-state index in [1.165, 1.54) is 11.3 Å². The van der Waals surface area contributed by atoms with Crippen molar-refractivity contribution in [1.29, 1.82) is 0 Å². The monoisotopic (exact) mass is 462 g/mol. The van der Waals surface area contributed by atoms with Crippen LogP contribution in [0.3, 0.4) is 0 Å². The fraction of sp³-hybridized carbons (Fsp3) is 0.160. The molecule has 168 valence electrons. The second-order valence-electron chi connectivity index (χ2n) is 7.51. The fourth-order valence-electron chi connectivity index (χ4n) is 3.45. The maximum absolute atomic E-state index is 11.3. The number of aromatic carboxylic acids is 2. The first-order valence-corrected chi connectivity index (χ1v) is 11.1. The van der Waals surface area contributed by atoms with Gasteiger partial charge in [0.25, 0.3) is 0 Å². The normalized spacial score (nSPS) is 10.8. The smallest absolute Gasteiger partial charge is 0.335 e. The average Bonchev–Trinajstić information content (AvgIpc) is 3.25. The van der Waals surface area contributed by atoms with Crippen LogP contribution in [-0.4, -0.2) is 40.8 Å². The van der Waals surface area contributed by atoms with Gasteiger partial charge in [0.15, 0.2) is 5.13 Å². The Hall–Kier alpha value is -3.91. The molecule has 0 saturated carbocycles. The molecule has 0 aliphatic carbocycles. The second-order valence-corrected chi connectivity index (χ2v) is 8.51. The lowest BCUT2D eigenvalue weighted by Crippen LogP contribution is -2.25. The van der Waals surface area contributed by atoms with Crippen molar-refractivity contribution in [1.82, 2.24) is 4.98 Å². The van der Waals surface area contributed by atoms with E-state index in [1.54, 1.807) is 49.6 Å². The first-order valence-electron chi connectivity index (χ1n) is 10.3. The number of carboxylic acid groups (broad SMARTS) is 2. The van der Waals surface area contributed by atoms with Crippen LogP contribution in [0.25, 0.3) is 10.2 Å². The summed E-state index contributed by atoms with van der Waals surface area (Å²) in [5.74, 6) is -1.13. The molecule has 7 nitrogen and oxygen atoms in total. The Morgan fingerprint density at radius 2 is 1.55 bits per heavy atom. The molecular weight excluding hydrogens is 440 g/mol. The summed E-state index contributed by atoms with van der Waals surface area (Å²) in [6.07, 6.45) is 0.771. The molecular formula is C25H22N2O5S. The van der Waals surface area contributed by atoms with Crippen LogP contribution >= 0.6 is 11.3 Å². The molecule has 2 N–H and O–H groups in total. The van der Waals surface area contributed by atoms with Crippen LogP contribution in [0.5, 0.6) is 5.75 Å². The summed E-state index contributed by atoms with van der Waals surface area (Å²) in [6.45, 7) is 1.22. The molecule has 0 atom stereocenters. The number of aromatic nitrogens is 1. The van der Waals surface area contributed by atoms with E-state index in [0.717, 1.165) is 38.6 Å². The van der Waals surface area contributed by atoms with Gasteiger partial charge in [-0.3, -0.25) is 0 Å². The Labute approximate surface area is 194 Å². The molecule has 1 aromatic heterocycles. The van der Waals surface area contributed by atoms with Gasteiger partial charge >= 0.3 is 11.9 Å². The molecule has 0 aliphatic heterocycles. The fourth-order valence-corrected chi connectivity index (χ4v) is 4.48. The van der Waals surface area contributed by atoms with Crippen LogP contribution in [0.2, 0.25) is 0 Å². The lowest BCUT2D eigenvalue weighted by molar-refractivity contribution is 0.0686. The highest BCUT2D eigenvalue weighted by Gasteiger charge is 2.15. The Morgan fingerprint density at radius 3 is 2.18 bits per heavy atom. The molecule has 0 saturated heterocycles. The summed E-state index contributed by atoms with van der Waals surface area (Å²) in [6, 6.07) is 19.6. The quantitative estimate of drug-likeness (QED) is 0.363. The molecule has 0 bridgehead atoms. The third kappa shape index (κ3) is 5.30. The number of benzene rings is 3. The van der Waals surface area contributed by atoms with E-state index in [2.05, 4.69) is 4.90 Å². The first kappa shape index (κ1) is 22.3. The van der Waals surface area contributed by atoms with Gasteiger partial charge in [-0.15, -0.1) is 0 Å². The molecule has 4 rings (SSSR count). The van der Waals surface area contributed by atoms with Gasteiger partial charge < -0.3 is 19.8 Å². The van der Waals surface area contributed by atoms with Crippen LogP contribution < -0.4 is 9.64 Å². The number of nitrogens with zero attached hydrogens (tertiary/aromatic N) is 2. The minimum atomic E-state index is -0.971. The van der Waals surface area contributed by atoms with Crippen LogP contribution in [0.4, 0.5) is 5.13 Å². The number of methoxy groups -OCH3 is 1. The molecule has 0 aliphatic rings. The van der Waals surface area contributed by atoms with E-state index in [4.69, 9.17) is 14.8 Å². The highest BCUT2D eigenvalue weighted by Crippen LogP contribution is 2.31. The molecule has 33 heavy (non-hydrogen) atoms. The van der Waals surface area contributed by atoms with Gasteiger partial charge in [-0.2, -0.15) is 0 Å². The van der Waals surface area contributed by atoms with E-state index in [-0.39, 0.29) is 11.1 Å². The number of hydrogen-bond donors (Lipinski definition) is 2. The van der Waals surface area contributed by atoms with E-state index in [9.17, 15) is 14.7 Å². The summed E-state index contributed by atoms with van der Waals surface area (Å²) in [5.41, 5.74) is 3.32. The standard InChI is InChI=1S/C25H22N2O5S/c1-32-20-9-4-16(5-10-20)12-13-27(15-17-2-6-18(7-3-17)23(28)29)25-26-21-11-8-19(24(30)31)14-22(21)33-25/h2-11,14H,12-13,15H2,1H3,(H,28,29)(H,30,31). The summed E-state index contributed by atoms with van der Waals surface area (Å²) in [5, 5.41) is 19.2. The van der Waals surface area contributed by atoms with Gasteiger partial charge in [0.2, 0.25) is 0 Å². The topological polar surface area (TPSA) is 100.0 Å². The third-order valence-corrected chi connectivity index (χ3v) is 6.38. The first-order chi connectivity index (χ1) is 15.9. The number of hydrogen-bond acceptors (Lipinski definition) is 6. The number of carboxylic acids is 2. The second kappa shape index (κ2) is 9.70. The van der Waals surface area contributed by atoms with Gasteiger partial charge in [0.05, 0.1) is 28.5 Å². The minimum Gasteiger partial charge on any atom is -0.497 e. The zero-order chi connectivity index (χ0) is 23.4. The van der Waals surface area contributed by atoms with Crippen molar-refractivity contribution in [3.05, 3.63) is 89.0 Å². The van der Waals surface area contributed by atoms with Crippen molar-refractivity contribution in [3.63, 3.8) is 0 Å². The number of anilines is 1. The number of rotatable bonds is 9. The molecule has 4 aromatic rings. The van der Waals surface area contributed by atoms with Gasteiger partial charge in [0, 0.05) is 13.1 Å². The summed E-state index contributed by atoms with van der Waals surface area (Å²) >= 11 is 1.44. The van der Waals surface area contributed by atoms with Crippen molar-refractivity contribution in [2.24, 2.45) is 0 Å². The lowest BCUT2D eigenvalue weighted by Gasteiger charge is -2.22. The Kier molecular flexibility index (Phi) is 6.55. The molecule has 1 heterocycles. The molecule has 0 unspecified atom stereocenters. The summed E-state index contributed by atoms with van der Waals surface area (Å²) in [7, 11) is 1.63. The van der Waals surface area contributed by atoms with Crippen LogP contribution in [0.1, 0.15) is 31.8 Å². The van der Waals surface area contributed by atoms with Crippen molar-refractivity contribution in [2.75, 3.05) is 18.6 Å². The Balaban J connectivity index is 1.61. The predicted octanol–water partition coefficient (Wildman–Crippen LogP) is 4.95. The zero-order valence-electron chi connectivity index (χ0n) is 17.9. The zero-order valence-corrected chi connectivity index (χ0v) is 18.7. The maximum atomic E-state index is 11.3. The Bertz CT molecular complexity index is 1280. The molecule has 0 amide bonds. The van der Waals surface area contributed by atoms with Crippen molar-refractivity contribution in [2.45, 2.75) is 13.0 Å². The van der Waals surface area contributed by atoms with Gasteiger partial charge in [-0.25, -0.2) is 14.6 Å². The van der Waals surface area contributed by atoms with E-state index >= 15 is 0 Å². The van der Waals surface area contributed by atoms with E-state index in [1.807, 2.05) is 24.3 Å². The SMILES string of the molecule is COc1ccc(CCN(Cc2ccc(C(=O)O)cc2)c2nc3ccc(C(=O)O)cc3s2)cc1. The molecule has 3 aromatic carbocycles. The maximum Gasteiger partial charge on any atom is 0.335 e. The predicted molar refractivity (Wildman–Crippen MR) is 128 cm³/mol.